The van der Waals surface area contributed by atoms with Crippen LogP contribution in [0.2, 0.25) is 10.0 Å². The van der Waals surface area contributed by atoms with Crippen LogP contribution in [0.25, 0.3) is 10.2 Å². The molecule has 3 aromatic carbocycles. The number of sulfonamides is 1. The Hall–Kier alpha value is -3.18. The average Bonchev–Trinajstić information content (AvgIpc) is 3.21. The van der Waals surface area contributed by atoms with Gasteiger partial charge in [0, 0.05) is 11.3 Å². The number of halogens is 2. The van der Waals surface area contributed by atoms with Crippen LogP contribution in [-0.2, 0) is 26.1 Å². The molecule has 4 aromatic rings. The Morgan fingerprint density at radius 3 is 2.30 bits per heavy atom. The lowest BCUT2D eigenvalue weighted by atomic mass is 10.2. The Balaban J connectivity index is 1.65. The Labute approximate surface area is 227 Å². The summed E-state index contributed by atoms with van der Waals surface area (Å²) in [5, 5.41) is 0.750. The van der Waals surface area contributed by atoms with Crippen molar-refractivity contribution in [1.82, 2.24) is 4.57 Å². The Kier molecular flexibility index (Phi) is 8.03. The van der Waals surface area contributed by atoms with E-state index in [1.54, 1.807) is 31.2 Å². The number of aryl methyl sites for hydroxylation is 1. The van der Waals surface area contributed by atoms with Crippen LogP contribution in [0.3, 0.4) is 0 Å². The number of nitrogens with zero attached hydrogens (tertiary/aromatic N) is 2. The lowest BCUT2D eigenvalue weighted by molar-refractivity contribution is -0.143. The van der Waals surface area contributed by atoms with Gasteiger partial charge in [0.05, 0.1) is 31.8 Å². The molecule has 0 saturated heterocycles. The van der Waals surface area contributed by atoms with Crippen molar-refractivity contribution in [3.8, 4) is 0 Å². The normalized spacial score (nSPS) is 12.1. The van der Waals surface area contributed by atoms with Crippen molar-refractivity contribution in [2.45, 2.75) is 25.3 Å². The first-order valence-corrected chi connectivity index (χ1v) is 14.1. The van der Waals surface area contributed by atoms with E-state index in [4.69, 9.17) is 27.9 Å². The van der Waals surface area contributed by atoms with Crippen LogP contribution in [-0.4, -0.2) is 31.5 Å². The number of carbonyl (C=O) groups excluding carboxylic acids is 2. The first-order chi connectivity index (χ1) is 17.6. The van der Waals surface area contributed by atoms with Gasteiger partial charge in [-0.15, -0.1) is 0 Å². The van der Waals surface area contributed by atoms with Crippen molar-refractivity contribution in [2.24, 2.45) is 4.99 Å². The third-order valence-electron chi connectivity index (χ3n) is 5.23. The summed E-state index contributed by atoms with van der Waals surface area (Å²) in [5.74, 6) is -1.11. The Morgan fingerprint density at radius 1 is 1.00 bits per heavy atom. The number of thiazole rings is 1. The lowest BCUT2D eigenvalue weighted by Gasteiger charge is -2.09. The number of fused-ring (bicyclic) bond motifs is 1. The van der Waals surface area contributed by atoms with Gasteiger partial charge in [-0.2, -0.15) is 4.99 Å². The van der Waals surface area contributed by atoms with Gasteiger partial charge >= 0.3 is 5.97 Å². The third-order valence-corrected chi connectivity index (χ3v) is 8.47. The summed E-state index contributed by atoms with van der Waals surface area (Å²) < 4.78 is 34.9. The molecular weight excluding hydrogens is 557 g/mol. The van der Waals surface area contributed by atoms with Crippen molar-refractivity contribution in [3.63, 3.8) is 0 Å². The maximum atomic E-state index is 13.0. The van der Waals surface area contributed by atoms with E-state index >= 15 is 0 Å². The van der Waals surface area contributed by atoms with Crippen molar-refractivity contribution in [3.05, 3.63) is 86.6 Å². The first-order valence-electron chi connectivity index (χ1n) is 11.0. The highest BCUT2D eigenvalue weighted by Gasteiger charge is 2.18. The fourth-order valence-electron chi connectivity index (χ4n) is 3.44. The van der Waals surface area contributed by atoms with E-state index < -0.39 is 21.9 Å². The molecule has 0 spiro atoms. The van der Waals surface area contributed by atoms with Crippen molar-refractivity contribution in [2.75, 3.05) is 11.3 Å². The number of hydrogen-bond donors (Lipinski definition) is 1. The van der Waals surface area contributed by atoms with Gasteiger partial charge in [-0.25, -0.2) is 8.42 Å². The van der Waals surface area contributed by atoms with Crippen molar-refractivity contribution < 1.29 is 22.7 Å². The SMILES string of the molecule is CCOC(=O)Cn1c(=NC(=O)c2ccc(NS(=O)(=O)c3ccc(C)cc3)cc2)sc2c(Cl)ccc(Cl)c21. The molecule has 4 rings (SSSR count). The molecule has 1 N–H and O–H groups in total. The van der Waals surface area contributed by atoms with E-state index in [1.165, 1.54) is 41.0 Å². The fourth-order valence-corrected chi connectivity index (χ4v) is 6.14. The molecule has 1 amide bonds. The number of hydrogen-bond acceptors (Lipinski definition) is 6. The van der Waals surface area contributed by atoms with E-state index in [0.717, 1.165) is 16.9 Å². The minimum absolute atomic E-state index is 0.126. The Bertz CT molecular complexity index is 1660. The van der Waals surface area contributed by atoms with Gasteiger partial charge in [-0.3, -0.25) is 14.3 Å². The number of benzene rings is 3. The zero-order valence-electron chi connectivity index (χ0n) is 19.7. The molecule has 0 atom stereocenters. The number of ether oxygens (including phenoxy) is 1. The van der Waals surface area contributed by atoms with E-state index in [-0.39, 0.29) is 34.1 Å². The van der Waals surface area contributed by atoms with Gasteiger partial charge in [0.2, 0.25) is 0 Å². The van der Waals surface area contributed by atoms with Gasteiger partial charge < -0.3 is 9.30 Å². The molecule has 8 nitrogen and oxygen atoms in total. The van der Waals surface area contributed by atoms with Crippen LogP contribution >= 0.6 is 34.5 Å². The van der Waals surface area contributed by atoms with Crippen LogP contribution in [0.4, 0.5) is 5.69 Å². The minimum Gasteiger partial charge on any atom is -0.465 e. The zero-order valence-corrected chi connectivity index (χ0v) is 22.8. The molecule has 0 saturated carbocycles. The number of anilines is 1. The van der Waals surface area contributed by atoms with E-state index in [9.17, 15) is 18.0 Å². The summed E-state index contributed by atoms with van der Waals surface area (Å²) in [6.45, 7) is 3.55. The molecular formula is C25H21Cl2N3O5S2. The number of rotatable bonds is 7. The predicted molar refractivity (Wildman–Crippen MR) is 145 cm³/mol. The highest BCUT2D eigenvalue weighted by Crippen LogP contribution is 2.32. The zero-order chi connectivity index (χ0) is 26.7. The molecule has 0 radical (unpaired) electrons. The second-order valence-electron chi connectivity index (χ2n) is 7.90. The fraction of sp³-hybridized carbons (Fsp3) is 0.160. The number of nitrogens with one attached hydrogen (secondary N) is 1. The summed E-state index contributed by atoms with van der Waals surface area (Å²) in [4.78, 5) is 29.8. The molecule has 192 valence electrons. The minimum atomic E-state index is -3.79. The first kappa shape index (κ1) is 26.9. The summed E-state index contributed by atoms with van der Waals surface area (Å²) in [6, 6.07) is 15.5. The van der Waals surface area contributed by atoms with Crippen LogP contribution in [0.1, 0.15) is 22.8 Å². The molecule has 0 unspecified atom stereocenters. The number of esters is 1. The molecule has 0 aliphatic rings. The van der Waals surface area contributed by atoms with Crippen molar-refractivity contribution in [1.29, 1.82) is 0 Å². The van der Waals surface area contributed by atoms with Gasteiger partial charge in [0.15, 0.2) is 4.80 Å². The molecule has 0 aliphatic carbocycles. The number of amides is 1. The largest absolute Gasteiger partial charge is 0.465 e. The van der Waals surface area contributed by atoms with Gasteiger partial charge in [-0.1, -0.05) is 52.2 Å². The highest BCUT2D eigenvalue weighted by atomic mass is 35.5. The van der Waals surface area contributed by atoms with Crippen LogP contribution in [0.15, 0.2) is 70.6 Å². The van der Waals surface area contributed by atoms with Gasteiger partial charge in [0.25, 0.3) is 15.9 Å². The summed E-state index contributed by atoms with van der Waals surface area (Å²) in [6.07, 6.45) is 0. The third kappa shape index (κ3) is 6.04. The van der Waals surface area contributed by atoms with Gasteiger partial charge in [-0.05, 0) is 62.4 Å². The molecule has 0 fully saturated rings. The summed E-state index contributed by atoms with van der Waals surface area (Å²) >= 11 is 13.8. The standard InChI is InChI=1S/C25H21Cl2N3O5S2/c1-3-35-21(31)14-30-22-19(26)12-13-20(27)23(22)36-25(30)28-24(32)16-6-8-17(9-7-16)29-37(33,34)18-10-4-15(2)5-11-18/h4-13,29H,3,14H2,1-2H3. The highest BCUT2D eigenvalue weighted by molar-refractivity contribution is 7.92. The Morgan fingerprint density at radius 2 is 1.65 bits per heavy atom. The van der Waals surface area contributed by atoms with Crippen LogP contribution < -0.4 is 9.52 Å². The van der Waals surface area contributed by atoms with E-state index in [0.29, 0.717) is 20.3 Å². The predicted octanol–water partition coefficient (Wildman–Crippen LogP) is 5.42. The number of carbonyl (C=O) groups is 2. The monoisotopic (exact) mass is 577 g/mol. The molecule has 0 bridgehead atoms. The lowest BCUT2D eigenvalue weighted by Crippen LogP contribution is -2.23. The van der Waals surface area contributed by atoms with Crippen LogP contribution in [0, 0.1) is 6.92 Å². The van der Waals surface area contributed by atoms with Crippen LogP contribution in [0.5, 0.6) is 0 Å². The summed E-state index contributed by atoms with van der Waals surface area (Å²) in [5.41, 5.74) is 1.92. The maximum absolute atomic E-state index is 13.0. The molecule has 12 heteroatoms. The topological polar surface area (TPSA) is 107 Å². The smallest absolute Gasteiger partial charge is 0.326 e. The van der Waals surface area contributed by atoms with E-state index in [1.807, 2.05) is 6.92 Å². The maximum Gasteiger partial charge on any atom is 0.326 e. The van der Waals surface area contributed by atoms with Gasteiger partial charge in [0.1, 0.15) is 6.54 Å². The molecule has 37 heavy (non-hydrogen) atoms. The second kappa shape index (κ2) is 11.1. The second-order valence-corrected chi connectivity index (χ2v) is 11.4. The molecule has 0 aliphatic heterocycles. The molecule has 1 heterocycles. The quantitative estimate of drug-likeness (QED) is 0.295. The molecule has 1 aromatic heterocycles. The number of aromatic nitrogens is 1. The summed E-state index contributed by atoms with van der Waals surface area (Å²) in [7, 11) is -3.79. The average molecular weight is 578 g/mol. The van der Waals surface area contributed by atoms with Crippen molar-refractivity contribution >= 4 is 72.3 Å². The van der Waals surface area contributed by atoms with E-state index in [2.05, 4.69) is 9.71 Å².